The van der Waals surface area contributed by atoms with Crippen molar-refractivity contribution in [2.45, 2.75) is 78.1 Å². The van der Waals surface area contributed by atoms with Gasteiger partial charge >= 0.3 is 0 Å². The van der Waals surface area contributed by atoms with Crippen LogP contribution in [-0.2, 0) is 0 Å². The summed E-state index contributed by atoms with van der Waals surface area (Å²) in [5.74, 6) is 1.23. The van der Waals surface area contributed by atoms with Crippen LogP contribution in [-0.4, -0.2) is 0 Å². The Morgan fingerprint density at radius 2 is 1.17 bits per heavy atom. The predicted octanol–water partition coefficient (Wildman–Crippen LogP) is 7.54. The zero-order chi connectivity index (χ0) is 17.4. The average molecular weight is 321 g/mol. The third-order valence-corrected chi connectivity index (χ3v) is 5.06. The van der Waals surface area contributed by atoms with Crippen LogP contribution in [0.1, 0.15) is 89.2 Å². The van der Waals surface area contributed by atoms with E-state index in [0.717, 1.165) is 0 Å². The first kappa shape index (κ1) is 18.8. The highest BCUT2D eigenvalue weighted by Gasteiger charge is 2.09. The molecular formula is C24H32. The molecule has 0 aliphatic heterocycles. The van der Waals surface area contributed by atoms with E-state index in [1.807, 2.05) is 0 Å². The van der Waals surface area contributed by atoms with Gasteiger partial charge in [0.1, 0.15) is 0 Å². The fourth-order valence-corrected chi connectivity index (χ4v) is 3.25. The maximum atomic E-state index is 3.41. The number of benzene rings is 2. The van der Waals surface area contributed by atoms with Gasteiger partial charge in [-0.15, -0.1) is 0 Å². The minimum Gasteiger partial charge on any atom is -0.0654 e. The van der Waals surface area contributed by atoms with Gasteiger partial charge in [0.05, 0.1) is 0 Å². The molecule has 0 heteroatoms. The van der Waals surface area contributed by atoms with Gasteiger partial charge in [-0.05, 0) is 59.1 Å². The highest BCUT2D eigenvalue weighted by Crippen LogP contribution is 2.29. The molecule has 2 unspecified atom stereocenters. The van der Waals surface area contributed by atoms with Gasteiger partial charge in [0.25, 0.3) is 0 Å². The van der Waals surface area contributed by atoms with Gasteiger partial charge in [0.15, 0.2) is 0 Å². The molecule has 2 rings (SSSR count). The predicted molar refractivity (Wildman–Crippen MR) is 105 cm³/mol. The molecule has 0 saturated heterocycles. The highest BCUT2D eigenvalue weighted by molar-refractivity contribution is 5.64. The molecule has 0 spiro atoms. The third-order valence-electron chi connectivity index (χ3n) is 5.06. The Balaban J connectivity index is 2.19. The van der Waals surface area contributed by atoms with E-state index in [4.69, 9.17) is 0 Å². The summed E-state index contributed by atoms with van der Waals surface area (Å²) in [6.07, 6.45) is 7.65. The number of rotatable bonds is 9. The molecule has 0 aromatic heterocycles. The summed E-state index contributed by atoms with van der Waals surface area (Å²) in [6.45, 7) is 9.19. The van der Waals surface area contributed by atoms with Crippen LogP contribution >= 0.6 is 0 Å². The number of hydrogen-bond donors (Lipinski definition) is 0. The second kappa shape index (κ2) is 9.67. The van der Waals surface area contributed by atoms with Gasteiger partial charge < -0.3 is 0 Å². The molecule has 0 N–H and O–H groups in total. The van der Waals surface area contributed by atoms with Crippen molar-refractivity contribution in [1.29, 1.82) is 0 Å². The molecule has 0 aliphatic rings. The van der Waals surface area contributed by atoms with Crippen molar-refractivity contribution in [2.75, 3.05) is 0 Å². The lowest BCUT2D eigenvalue weighted by atomic mass is 9.90. The Morgan fingerprint density at radius 3 is 1.54 bits per heavy atom. The van der Waals surface area contributed by atoms with E-state index in [9.17, 15) is 0 Å². The summed E-state index contributed by atoms with van der Waals surface area (Å²) in [5.41, 5.74) is 5.21. The van der Waals surface area contributed by atoms with Gasteiger partial charge in [-0.3, -0.25) is 0 Å². The molecule has 0 amide bonds. The molecule has 0 heterocycles. The monoisotopic (exact) mass is 320 g/mol. The Hall–Kier alpha value is -1.56. The van der Waals surface area contributed by atoms with E-state index >= 15 is 0 Å². The molecule has 2 aromatic carbocycles. The number of unbranched alkanes of at least 4 members (excludes halogenated alkanes) is 2. The largest absolute Gasteiger partial charge is 0.0654 e. The van der Waals surface area contributed by atoms with Crippen LogP contribution < -0.4 is 0 Å². The maximum absolute atomic E-state index is 3.41. The summed E-state index contributed by atoms with van der Waals surface area (Å²) in [7, 11) is 0. The van der Waals surface area contributed by atoms with Crippen molar-refractivity contribution in [2.24, 2.45) is 0 Å². The van der Waals surface area contributed by atoms with E-state index in [1.165, 1.54) is 60.8 Å². The number of hydrogen-bond acceptors (Lipinski definition) is 0. The second-order valence-corrected chi connectivity index (χ2v) is 7.16. The lowest BCUT2D eigenvalue weighted by Crippen LogP contribution is -1.96. The van der Waals surface area contributed by atoms with Gasteiger partial charge in [-0.1, -0.05) is 89.8 Å². The SMILES string of the molecule is CCCCC(C)c1cc[c]c(-c2[c]ccc(C(C)CCCC)c2)c1. The summed E-state index contributed by atoms with van der Waals surface area (Å²) in [6, 6.07) is 20.0. The molecule has 128 valence electrons. The molecule has 0 aliphatic carbocycles. The zero-order valence-corrected chi connectivity index (χ0v) is 15.9. The van der Waals surface area contributed by atoms with Gasteiger partial charge in [0.2, 0.25) is 0 Å². The van der Waals surface area contributed by atoms with E-state index in [1.54, 1.807) is 0 Å². The maximum Gasteiger partial charge on any atom is -0.00960 e. The summed E-state index contributed by atoms with van der Waals surface area (Å²) >= 11 is 0. The van der Waals surface area contributed by atoms with Crippen molar-refractivity contribution in [3.63, 3.8) is 0 Å². The first-order valence-electron chi connectivity index (χ1n) is 9.69. The summed E-state index contributed by atoms with van der Waals surface area (Å²) in [5, 5.41) is 0. The molecule has 2 radical (unpaired) electrons. The topological polar surface area (TPSA) is 0 Å². The van der Waals surface area contributed by atoms with E-state index < -0.39 is 0 Å². The van der Waals surface area contributed by atoms with Crippen LogP contribution in [0.2, 0.25) is 0 Å². The zero-order valence-electron chi connectivity index (χ0n) is 15.9. The molecule has 24 heavy (non-hydrogen) atoms. The molecule has 0 bridgehead atoms. The van der Waals surface area contributed by atoms with Crippen LogP contribution in [0.25, 0.3) is 11.1 Å². The molecule has 0 saturated carbocycles. The van der Waals surface area contributed by atoms with Crippen molar-refractivity contribution in [3.05, 3.63) is 59.7 Å². The molecular weight excluding hydrogens is 288 g/mol. The van der Waals surface area contributed by atoms with Crippen LogP contribution in [0.5, 0.6) is 0 Å². The Bertz CT molecular complexity index is 555. The van der Waals surface area contributed by atoms with Crippen molar-refractivity contribution >= 4 is 0 Å². The third kappa shape index (κ3) is 5.23. The Kier molecular flexibility index (Phi) is 7.56. The lowest BCUT2D eigenvalue weighted by Gasteiger charge is -2.15. The minimum atomic E-state index is 0.616. The second-order valence-electron chi connectivity index (χ2n) is 7.16. The standard InChI is InChI=1S/C24H32/c1-5-7-11-19(3)21-13-9-15-23(17-21)24-16-10-14-22(18-24)20(4)12-8-6-2/h9-10,13-14,17-20H,5-8,11-12H2,1-4H3. The van der Waals surface area contributed by atoms with Crippen molar-refractivity contribution in [3.8, 4) is 11.1 Å². The summed E-state index contributed by atoms with van der Waals surface area (Å²) < 4.78 is 0. The Morgan fingerprint density at radius 1 is 0.750 bits per heavy atom. The van der Waals surface area contributed by atoms with Gasteiger partial charge in [-0.2, -0.15) is 0 Å². The average Bonchev–Trinajstić information content (AvgIpc) is 2.64. The van der Waals surface area contributed by atoms with Gasteiger partial charge in [-0.25, -0.2) is 0 Å². The highest BCUT2D eigenvalue weighted by atomic mass is 14.1. The molecule has 0 nitrogen and oxygen atoms in total. The lowest BCUT2D eigenvalue weighted by molar-refractivity contribution is 0.624. The quantitative estimate of drug-likeness (QED) is 0.447. The van der Waals surface area contributed by atoms with E-state index in [2.05, 4.69) is 76.2 Å². The van der Waals surface area contributed by atoms with E-state index in [-0.39, 0.29) is 0 Å². The van der Waals surface area contributed by atoms with Crippen molar-refractivity contribution < 1.29 is 0 Å². The van der Waals surface area contributed by atoms with Crippen molar-refractivity contribution in [1.82, 2.24) is 0 Å². The van der Waals surface area contributed by atoms with E-state index in [0.29, 0.717) is 11.8 Å². The smallest absolute Gasteiger partial charge is 0.00960 e. The minimum absolute atomic E-state index is 0.616. The fraction of sp³-hybridized carbons (Fsp3) is 0.500. The normalized spacial score (nSPS) is 13.7. The molecule has 2 aromatic rings. The molecule has 0 fully saturated rings. The first-order chi connectivity index (χ1) is 11.7. The molecule has 2 atom stereocenters. The van der Waals surface area contributed by atoms with Gasteiger partial charge in [0, 0.05) is 0 Å². The fourth-order valence-electron chi connectivity index (χ4n) is 3.25. The summed E-state index contributed by atoms with van der Waals surface area (Å²) in [4.78, 5) is 0. The first-order valence-corrected chi connectivity index (χ1v) is 9.69. The Labute approximate surface area is 149 Å². The van der Waals surface area contributed by atoms with Crippen LogP contribution in [0.3, 0.4) is 0 Å². The van der Waals surface area contributed by atoms with Crippen LogP contribution in [0.15, 0.2) is 36.4 Å². The van der Waals surface area contributed by atoms with Crippen LogP contribution in [0, 0.1) is 12.1 Å². The van der Waals surface area contributed by atoms with Crippen LogP contribution in [0.4, 0.5) is 0 Å².